The fourth-order valence-corrected chi connectivity index (χ4v) is 7.40. The van der Waals surface area contributed by atoms with E-state index >= 15 is 0 Å². The summed E-state index contributed by atoms with van der Waals surface area (Å²) in [5.74, 6) is 0. The zero-order valence-electron chi connectivity index (χ0n) is 24.1. The van der Waals surface area contributed by atoms with Crippen LogP contribution in [0.1, 0.15) is 49.9 Å². The molecule has 0 unspecified atom stereocenters. The summed E-state index contributed by atoms with van der Waals surface area (Å²) < 4.78 is 3.04. The molecule has 6 aromatic rings. The molecule has 4 heteroatoms. The third kappa shape index (κ3) is 3.12. The number of benzene rings is 5. The maximum absolute atomic E-state index is 14.5. The highest BCUT2D eigenvalue weighted by atomic mass is 16.2. The third-order valence-electron chi connectivity index (χ3n) is 9.61. The van der Waals surface area contributed by atoms with E-state index < -0.39 is 0 Å². The molecule has 0 spiro atoms. The number of hydrogen-bond acceptors (Lipinski definition) is 2. The molecular formula is C38H30N2O2. The summed E-state index contributed by atoms with van der Waals surface area (Å²) in [6, 6.07) is 36.6. The molecule has 204 valence electrons. The minimum atomic E-state index is -0.375. The first kappa shape index (κ1) is 24.8. The van der Waals surface area contributed by atoms with Gasteiger partial charge in [-0.3, -0.25) is 9.36 Å². The average Bonchev–Trinajstić information content (AvgIpc) is 3.37. The van der Waals surface area contributed by atoms with Gasteiger partial charge in [-0.15, -0.1) is 0 Å². The molecule has 0 amide bonds. The fourth-order valence-electron chi connectivity index (χ4n) is 7.40. The van der Waals surface area contributed by atoms with Crippen LogP contribution >= 0.6 is 0 Å². The largest absolute Gasteiger partial charge is 0.340 e. The summed E-state index contributed by atoms with van der Waals surface area (Å²) in [4.78, 5) is 28.5. The molecule has 5 aromatic carbocycles. The smallest absolute Gasteiger partial charge is 0.268 e. The molecule has 0 aliphatic heterocycles. The lowest BCUT2D eigenvalue weighted by Gasteiger charge is -2.23. The Bertz CT molecular complexity index is 2250. The lowest BCUT2D eigenvalue weighted by atomic mass is 9.82. The van der Waals surface area contributed by atoms with Crippen LogP contribution < -0.4 is 11.2 Å². The van der Waals surface area contributed by atoms with E-state index in [-0.39, 0.29) is 22.1 Å². The van der Waals surface area contributed by atoms with Crippen LogP contribution in [0.15, 0.2) is 119 Å². The van der Waals surface area contributed by atoms with Crippen LogP contribution in [0.2, 0.25) is 0 Å². The summed E-state index contributed by atoms with van der Waals surface area (Å²) in [6.07, 6.45) is 0. The minimum absolute atomic E-state index is 0.212. The Hall–Kier alpha value is -4.96. The number of hydrogen-bond donors (Lipinski definition) is 0. The first-order valence-corrected chi connectivity index (χ1v) is 14.5. The van der Waals surface area contributed by atoms with E-state index in [1.165, 1.54) is 37.9 Å². The van der Waals surface area contributed by atoms with E-state index in [0.29, 0.717) is 16.6 Å². The molecule has 1 aromatic heterocycles. The van der Waals surface area contributed by atoms with Crippen molar-refractivity contribution in [1.82, 2.24) is 9.13 Å². The highest BCUT2D eigenvalue weighted by Gasteiger charge is 2.37. The normalized spacial score (nSPS) is 15.2. The Morgan fingerprint density at radius 2 is 0.929 bits per heavy atom. The van der Waals surface area contributed by atoms with Crippen LogP contribution in [0.25, 0.3) is 44.5 Å². The van der Waals surface area contributed by atoms with Crippen LogP contribution in [-0.4, -0.2) is 9.13 Å². The van der Waals surface area contributed by atoms with Crippen LogP contribution in [0.3, 0.4) is 0 Å². The van der Waals surface area contributed by atoms with Crippen LogP contribution in [-0.2, 0) is 10.8 Å². The van der Waals surface area contributed by atoms with E-state index in [0.717, 1.165) is 16.8 Å². The van der Waals surface area contributed by atoms with Gasteiger partial charge >= 0.3 is 5.69 Å². The Morgan fingerprint density at radius 3 is 1.50 bits per heavy atom. The van der Waals surface area contributed by atoms with Gasteiger partial charge in [-0.2, -0.15) is 0 Å². The highest BCUT2D eigenvalue weighted by Crippen LogP contribution is 2.50. The predicted octanol–water partition coefficient (Wildman–Crippen LogP) is 7.75. The van der Waals surface area contributed by atoms with E-state index in [9.17, 15) is 9.59 Å². The standard InChI is InChI=1S/C38H30N2O2/c1-37(2)30-14-8-5-11-25(30)27-19-17-23(21-32(27)37)39-34-16-10-7-13-29(34)35(41)40(36(39)42)24-18-20-28-26-12-6-9-15-31(26)38(3,4)33(28)22-24/h5-22H,1-4H3. The van der Waals surface area contributed by atoms with Crippen LogP contribution in [0.4, 0.5) is 0 Å². The van der Waals surface area contributed by atoms with Crippen molar-refractivity contribution in [2.75, 3.05) is 0 Å². The summed E-state index contributed by atoms with van der Waals surface area (Å²) in [6.45, 7) is 8.86. The zero-order valence-corrected chi connectivity index (χ0v) is 24.1. The fraction of sp³-hybridized carbons (Fsp3) is 0.158. The lowest BCUT2D eigenvalue weighted by molar-refractivity contribution is 0.658. The van der Waals surface area contributed by atoms with Crippen molar-refractivity contribution in [1.29, 1.82) is 0 Å². The molecular weight excluding hydrogens is 516 g/mol. The van der Waals surface area contributed by atoms with Crippen molar-refractivity contribution >= 4 is 10.9 Å². The number of nitrogens with zero attached hydrogens (tertiary/aromatic N) is 2. The maximum atomic E-state index is 14.5. The predicted molar refractivity (Wildman–Crippen MR) is 170 cm³/mol. The highest BCUT2D eigenvalue weighted by molar-refractivity contribution is 5.84. The van der Waals surface area contributed by atoms with Crippen molar-refractivity contribution in [2.24, 2.45) is 0 Å². The van der Waals surface area contributed by atoms with Gasteiger partial charge in [0, 0.05) is 10.8 Å². The summed E-state index contributed by atoms with van der Waals surface area (Å²) in [5.41, 5.74) is 10.4. The van der Waals surface area contributed by atoms with Gasteiger partial charge in [-0.05, 0) is 80.9 Å². The average molecular weight is 547 g/mol. The molecule has 2 aliphatic carbocycles. The SMILES string of the molecule is CC1(C)c2ccccc2-c2ccc(-n3c(=O)c4ccccc4n(-c4ccc5c(c4)C(C)(C)c4ccccc4-5)c3=O)cc21. The van der Waals surface area contributed by atoms with E-state index in [2.05, 4.69) is 94.4 Å². The molecule has 0 atom stereocenters. The summed E-state index contributed by atoms with van der Waals surface area (Å²) in [5, 5.41) is 0.503. The van der Waals surface area contributed by atoms with Gasteiger partial charge in [0.05, 0.1) is 22.3 Å². The molecule has 0 saturated heterocycles. The van der Waals surface area contributed by atoms with Gasteiger partial charge in [-0.25, -0.2) is 9.36 Å². The van der Waals surface area contributed by atoms with Crippen molar-refractivity contribution < 1.29 is 0 Å². The molecule has 0 bridgehead atoms. The molecule has 42 heavy (non-hydrogen) atoms. The van der Waals surface area contributed by atoms with Gasteiger partial charge in [0.1, 0.15) is 0 Å². The Balaban J connectivity index is 1.38. The van der Waals surface area contributed by atoms with Gasteiger partial charge in [0.25, 0.3) is 5.56 Å². The monoisotopic (exact) mass is 546 g/mol. The van der Waals surface area contributed by atoms with Crippen LogP contribution in [0, 0.1) is 0 Å². The van der Waals surface area contributed by atoms with E-state index in [1.807, 2.05) is 42.5 Å². The molecule has 4 nitrogen and oxygen atoms in total. The Kier molecular flexibility index (Phi) is 4.90. The number of fused-ring (bicyclic) bond motifs is 7. The molecule has 0 radical (unpaired) electrons. The first-order valence-electron chi connectivity index (χ1n) is 14.5. The van der Waals surface area contributed by atoms with Crippen molar-refractivity contribution in [3.8, 4) is 33.6 Å². The Morgan fingerprint density at radius 1 is 0.476 bits per heavy atom. The van der Waals surface area contributed by atoms with Crippen molar-refractivity contribution in [3.05, 3.63) is 152 Å². The third-order valence-corrected chi connectivity index (χ3v) is 9.61. The number of para-hydroxylation sites is 1. The number of rotatable bonds is 2. The number of aromatic nitrogens is 2. The van der Waals surface area contributed by atoms with E-state index in [4.69, 9.17) is 0 Å². The van der Waals surface area contributed by atoms with E-state index in [1.54, 1.807) is 4.57 Å². The lowest BCUT2D eigenvalue weighted by Crippen LogP contribution is -2.38. The minimum Gasteiger partial charge on any atom is -0.268 e. The van der Waals surface area contributed by atoms with Crippen molar-refractivity contribution in [2.45, 2.75) is 38.5 Å². The molecule has 1 heterocycles. The summed E-state index contributed by atoms with van der Waals surface area (Å²) >= 11 is 0. The summed E-state index contributed by atoms with van der Waals surface area (Å²) in [7, 11) is 0. The second kappa shape index (κ2) is 8.29. The molecule has 2 aliphatic rings. The second-order valence-corrected chi connectivity index (χ2v) is 12.6. The first-order chi connectivity index (χ1) is 20.2. The second-order valence-electron chi connectivity index (χ2n) is 12.6. The molecule has 0 fully saturated rings. The topological polar surface area (TPSA) is 44.0 Å². The molecule has 0 N–H and O–H groups in total. The van der Waals surface area contributed by atoms with Gasteiger partial charge in [-0.1, -0.05) is 100 Å². The van der Waals surface area contributed by atoms with Gasteiger partial charge in [0.15, 0.2) is 0 Å². The zero-order chi connectivity index (χ0) is 29.0. The molecule has 0 saturated carbocycles. The molecule has 8 rings (SSSR count). The van der Waals surface area contributed by atoms with Crippen molar-refractivity contribution in [3.63, 3.8) is 0 Å². The maximum Gasteiger partial charge on any atom is 0.340 e. The quantitative estimate of drug-likeness (QED) is 0.223. The van der Waals surface area contributed by atoms with Gasteiger partial charge < -0.3 is 0 Å². The Labute approximate surface area is 244 Å². The van der Waals surface area contributed by atoms with Gasteiger partial charge in [0.2, 0.25) is 0 Å². The van der Waals surface area contributed by atoms with Crippen LogP contribution in [0.5, 0.6) is 0 Å².